The first-order chi connectivity index (χ1) is 13.2. The summed E-state index contributed by atoms with van der Waals surface area (Å²) in [4.78, 5) is 29.8. The van der Waals surface area contributed by atoms with Gasteiger partial charge >= 0.3 is 0 Å². The molecule has 3 aromatic heterocycles. The Hall–Kier alpha value is -2.74. The van der Waals surface area contributed by atoms with E-state index in [9.17, 15) is 9.59 Å². The Bertz CT molecular complexity index is 971. The first-order valence-electron chi connectivity index (χ1n) is 9.06. The number of nitrogens with zero attached hydrogens (tertiary/aromatic N) is 3. The van der Waals surface area contributed by atoms with Crippen LogP contribution in [0.1, 0.15) is 47.8 Å². The van der Waals surface area contributed by atoms with Crippen molar-refractivity contribution in [1.29, 1.82) is 0 Å². The molecule has 0 atom stereocenters. The van der Waals surface area contributed by atoms with Gasteiger partial charge in [0.2, 0.25) is 0 Å². The Labute approximate surface area is 160 Å². The molecule has 0 radical (unpaired) electrons. The summed E-state index contributed by atoms with van der Waals surface area (Å²) in [6, 6.07) is 7.06. The lowest BCUT2D eigenvalue weighted by Crippen LogP contribution is -2.31. The van der Waals surface area contributed by atoms with Crippen LogP contribution in [-0.2, 0) is 6.54 Å². The van der Waals surface area contributed by atoms with Crippen molar-refractivity contribution in [1.82, 2.24) is 20.0 Å². The van der Waals surface area contributed by atoms with Gasteiger partial charge in [-0.25, -0.2) is 4.98 Å². The lowest BCUT2D eigenvalue weighted by molar-refractivity contribution is 0.0943. The Kier molecular flexibility index (Phi) is 5.15. The minimum Gasteiger partial charge on any atom is -0.355 e. The molecule has 0 aliphatic heterocycles. The monoisotopic (exact) mass is 384 g/mol. The van der Waals surface area contributed by atoms with E-state index in [0.29, 0.717) is 24.8 Å². The quantitative estimate of drug-likeness (QED) is 0.705. The summed E-state index contributed by atoms with van der Waals surface area (Å²) in [5.74, 6) is 0.653. The fourth-order valence-corrected chi connectivity index (χ4v) is 4.02. The van der Waals surface area contributed by atoms with Crippen molar-refractivity contribution in [3.05, 3.63) is 57.7 Å². The maximum atomic E-state index is 12.3. The van der Waals surface area contributed by atoms with Gasteiger partial charge in [-0.2, -0.15) is 0 Å². The van der Waals surface area contributed by atoms with Crippen LogP contribution in [0, 0.1) is 0 Å². The Morgan fingerprint density at radius 2 is 2.19 bits per heavy atom. The zero-order valence-corrected chi connectivity index (χ0v) is 15.6. The van der Waals surface area contributed by atoms with Crippen molar-refractivity contribution in [3.8, 4) is 10.6 Å². The molecule has 1 aliphatic carbocycles. The summed E-state index contributed by atoms with van der Waals surface area (Å²) in [6.07, 6.45) is 6.21. The van der Waals surface area contributed by atoms with E-state index in [-0.39, 0.29) is 17.2 Å². The molecule has 0 spiro atoms. The first kappa shape index (κ1) is 17.7. The van der Waals surface area contributed by atoms with E-state index in [1.807, 2.05) is 17.5 Å². The zero-order valence-electron chi connectivity index (χ0n) is 14.8. The number of nitrogens with one attached hydrogen (secondary N) is 1. The van der Waals surface area contributed by atoms with E-state index in [1.54, 1.807) is 18.5 Å². The highest BCUT2D eigenvalue weighted by molar-refractivity contribution is 7.13. The molecule has 3 aromatic rings. The highest BCUT2D eigenvalue weighted by atomic mass is 32.1. The van der Waals surface area contributed by atoms with Crippen LogP contribution in [0.4, 0.5) is 0 Å². The van der Waals surface area contributed by atoms with E-state index in [0.717, 1.165) is 23.4 Å². The normalized spacial score (nSPS) is 14.5. The minimum absolute atomic E-state index is 0.0810. The van der Waals surface area contributed by atoms with Crippen LogP contribution in [-0.4, -0.2) is 27.2 Å². The third-order valence-corrected chi connectivity index (χ3v) is 5.70. The predicted molar refractivity (Wildman–Crippen MR) is 102 cm³/mol. The van der Waals surface area contributed by atoms with Crippen molar-refractivity contribution in [2.24, 2.45) is 0 Å². The molecule has 0 unspecified atom stereocenters. The van der Waals surface area contributed by atoms with Gasteiger partial charge in [-0.1, -0.05) is 24.1 Å². The van der Waals surface area contributed by atoms with Crippen LogP contribution in [0.2, 0.25) is 0 Å². The zero-order chi connectivity index (χ0) is 18.6. The maximum absolute atomic E-state index is 12.3. The van der Waals surface area contributed by atoms with Crippen LogP contribution in [0.15, 0.2) is 45.3 Å². The highest BCUT2D eigenvalue weighted by Crippen LogP contribution is 2.32. The van der Waals surface area contributed by atoms with E-state index >= 15 is 0 Å². The number of hydrogen-bond acceptors (Lipinski definition) is 6. The van der Waals surface area contributed by atoms with Crippen molar-refractivity contribution in [3.63, 3.8) is 0 Å². The summed E-state index contributed by atoms with van der Waals surface area (Å²) in [7, 11) is 0. The lowest BCUT2D eigenvalue weighted by Gasteiger charge is -2.10. The first-order valence-corrected chi connectivity index (χ1v) is 9.94. The number of amides is 1. The van der Waals surface area contributed by atoms with Crippen molar-refractivity contribution < 1.29 is 9.32 Å². The standard InChI is InChI=1S/C19H20N4O3S/c24-18-11-14(13-4-1-2-5-13)21-12-23(18)8-7-20-19(25)15-10-16(26-22-15)17-6-3-9-27-17/h3,6,9-13H,1-2,4-5,7-8H2,(H,20,25). The smallest absolute Gasteiger partial charge is 0.273 e. The van der Waals surface area contributed by atoms with Gasteiger partial charge in [-0.05, 0) is 24.3 Å². The molecule has 1 N–H and O–H groups in total. The molecule has 1 saturated carbocycles. The molecular weight excluding hydrogens is 364 g/mol. The predicted octanol–water partition coefficient (Wildman–Crippen LogP) is 3.05. The number of aromatic nitrogens is 3. The van der Waals surface area contributed by atoms with Crippen LogP contribution in [0.5, 0.6) is 0 Å². The van der Waals surface area contributed by atoms with Gasteiger partial charge in [0.05, 0.1) is 16.9 Å². The molecule has 0 aromatic carbocycles. The van der Waals surface area contributed by atoms with Crippen LogP contribution in [0.25, 0.3) is 10.6 Å². The Morgan fingerprint density at radius 1 is 1.33 bits per heavy atom. The number of carbonyl (C=O) groups excluding carboxylic acids is 1. The van der Waals surface area contributed by atoms with Crippen LogP contribution >= 0.6 is 11.3 Å². The van der Waals surface area contributed by atoms with E-state index in [1.165, 1.54) is 28.7 Å². The average molecular weight is 384 g/mol. The number of rotatable bonds is 6. The third-order valence-electron chi connectivity index (χ3n) is 4.82. The van der Waals surface area contributed by atoms with E-state index in [4.69, 9.17) is 4.52 Å². The summed E-state index contributed by atoms with van der Waals surface area (Å²) in [5.41, 5.74) is 1.03. The van der Waals surface area contributed by atoms with Crippen LogP contribution in [0.3, 0.4) is 0 Å². The van der Waals surface area contributed by atoms with Gasteiger partial charge in [0.25, 0.3) is 11.5 Å². The van der Waals surface area contributed by atoms with Crippen molar-refractivity contribution in [2.75, 3.05) is 6.54 Å². The molecule has 0 saturated heterocycles. The maximum Gasteiger partial charge on any atom is 0.273 e. The molecule has 0 bridgehead atoms. The summed E-state index contributed by atoms with van der Waals surface area (Å²) in [5, 5.41) is 8.50. The van der Waals surface area contributed by atoms with Gasteiger partial charge in [0.1, 0.15) is 0 Å². The third kappa shape index (κ3) is 4.00. The Balaban J connectivity index is 1.33. The van der Waals surface area contributed by atoms with Gasteiger partial charge < -0.3 is 9.84 Å². The van der Waals surface area contributed by atoms with Crippen LogP contribution < -0.4 is 10.9 Å². The van der Waals surface area contributed by atoms with Crippen molar-refractivity contribution in [2.45, 2.75) is 38.1 Å². The molecular formula is C19H20N4O3S. The van der Waals surface area contributed by atoms with E-state index in [2.05, 4.69) is 15.5 Å². The Morgan fingerprint density at radius 3 is 2.93 bits per heavy atom. The van der Waals surface area contributed by atoms with E-state index < -0.39 is 0 Å². The van der Waals surface area contributed by atoms with Gasteiger partial charge in [0, 0.05) is 31.1 Å². The lowest BCUT2D eigenvalue weighted by atomic mass is 10.0. The second-order valence-corrected chi connectivity index (χ2v) is 7.58. The summed E-state index contributed by atoms with van der Waals surface area (Å²) < 4.78 is 6.72. The average Bonchev–Trinajstić information content (AvgIpc) is 3.43. The number of thiophene rings is 1. The largest absolute Gasteiger partial charge is 0.355 e. The molecule has 140 valence electrons. The second kappa shape index (κ2) is 7.87. The summed E-state index contributed by atoms with van der Waals surface area (Å²) in [6.45, 7) is 0.669. The fourth-order valence-electron chi connectivity index (χ4n) is 3.35. The highest BCUT2D eigenvalue weighted by Gasteiger charge is 2.19. The second-order valence-electron chi connectivity index (χ2n) is 6.64. The van der Waals surface area contributed by atoms with Gasteiger partial charge in [-0.3, -0.25) is 14.2 Å². The topological polar surface area (TPSA) is 90.0 Å². The number of carbonyl (C=O) groups is 1. The molecule has 1 aliphatic rings. The van der Waals surface area contributed by atoms with Gasteiger partial charge in [-0.15, -0.1) is 11.3 Å². The molecule has 27 heavy (non-hydrogen) atoms. The van der Waals surface area contributed by atoms with Crippen molar-refractivity contribution >= 4 is 17.2 Å². The molecule has 4 rings (SSSR count). The minimum atomic E-state index is -0.329. The molecule has 1 fully saturated rings. The van der Waals surface area contributed by atoms with Gasteiger partial charge in [0.15, 0.2) is 11.5 Å². The fraction of sp³-hybridized carbons (Fsp3) is 0.368. The SMILES string of the molecule is O=C(NCCn1cnc(C2CCCC2)cc1=O)c1cc(-c2cccs2)on1. The molecule has 1 amide bonds. The number of hydrogen-bond donors (Lipinski definition) is 1. The molecule has 3 heterocycles. The molecule has 8 heteroatoms. The summed E-state index contributed by atoms with van der Waals surface area (Å²) >= 11 is 1.52. The molecule has 7 nitrogen and oxygen atoms in total.